The minimum atomic E-state index is -0.837. The van der Waals surface area contributed by atoms with E-state index in [9.17, 15) is 4.79 Å². The van der Waals surface area contributed by atoms with Crippen molar-refractivity contribution in [3.8, 4) is 0 Å². The summed E-state index contributed by atoms with van der Waals surface area (Å²) in [7, 11) is 0. The topological polar surface area (TPSA) is 63.3 Å². The molecule has 1 aromatic rings. The zero-order valence-electron chi connectivity index (χ0n) is 8.73. The second-order valence-corrected chi connectivity index (χ2v) is 3.32. The highest BCUT2D eigenvalue weighted by Gasteiger charge is 1.97. The van der Waals surface area contributed by atoms with Crippen LogP contribution < -0.4 is 5.73 Å². The van der Waals surface area contributed by atoms with Crippen molar-refractivity contribution in [2.45, 2.75) is 19.8 Å². The average molecular weight is 205 g/mol. The Bertz CT molecular complexity index is 383. The quantitative estimate of drug-likeness (QED) is 0.741. The molecule has 0 saturated heterocycles. The van der Waals surface area contributed by atoms with Gasteiger partial charge in [0.2, 0.25) is 0 Å². The van der Waals surface area contributed by atoms with Gasteiger partial charge in [-0.05, 0) is 29.7 Å². The van der Waals surface area contributed by atoms with Crippen LogP contribution in [-0.2, 0) is 11.2 Å². The van der Waals surface area contributed by atoms with Gasteiger partial charge >= 0.3 is 5.97 Å². The van der Waals surface area contributed by atoms with Crippen LogP contribution in [0.2, 0.25) is 0 Å². The number of carboxylic acid groups (broad SMARTS) is 1. The van der Waals surface area contributed by atoms with Gasteiger partial charge < -0.3 is 10.8 Å². The van der Waals surface area contributed by atoms with Gasteiger partial charge in [-0.15, -0.1) is 0 Å². The highest BCUT2D eigenvalue weighted by atomic mass is 16.4. The second-order valence-electron chi connectivity index (χ2n) is 3.32. The van der Waals surface area contributed by atoms with Gasteiger partial charge in [0.15, 0.2) is 0 Å². The number of hydrogen-bond donors (Lipinski definition) is 2. The van der Waals surface area contributed by atoms with E-state index in [1.807, 2.05) is 18.2 Å². The fourth-order valence-electron chi connectivity index (χ4n) is 1.28. The Kier molecular flexibility index (Phi) is 3.92. The van der Waals surface area contributed by atoms with Crippen molar-refractivity contribution in [2.24, 2.45) is 0 Å². The Morgan fingerprint density at radius 1 is 1.53 bits per heavy atom. The number of hydrogen-bond acceptors (Lipinski definition) is 2. The summed E-state index contributed by atoms with van der Waals surface area (Å²) in [6.07, 6.45) is 4.33. The lowest BCUT2D eigenvalue weighted by Crippen LogP contribution is -1.92. The molecule has 0 spiro atoms. The molecule has 3 nitrogen and oxygen atoms in total. The molecule has 0 aliphatic rings. The van der Waals surface area contributed by atoms with Gasteiger partial charge in [0.1, 0.15) is 0 Å². The largest absolute Gasteiger partial charge is 0.481 e. The fourth-order valence-corrected chi connectivity index (χ4v) is 1.28. The van der Waals surface area contributed by atoms with Crippen molar-refractivity contribution in [3.05, 3.63) is 35.4 Å². The molecule has 0 bridgehead atoms. The van der Waals surface area contributed by atoms with Crippen molar-refractivity contribution in [1.29, 1.82) is 0 Å². The fraction of sp³-hybridized carbons (Fsp3) is 0.250. The molecule has 1 rings (SSSR count). The number of nitrogen functional groups attached to an aromatic ring is 1. The van der Waals surface area contributed by atoms with E-state index in [1.54, 1.807) is 12.2 Å². The van der Waals surface area contributed by atoms with Crippen LogP contribution in [0.15, 0.2) is 24.3 Å². The van der Waals surface area contributed by atoms with Crippen LogP contribution in [0.3, 0.4) is 0 Å². The number of benzene rings is 1. The van der Waals surface area contributed by atoms with E-state index in [0.717, 1.165) is 12.0 Å². The molecule has 0 heterocycles. The number of aryl methyl sites for hydroxylation is 1. The molecule has 0 fully saturated rings. The first-order valence-corrected chi connectivity index (χ1v) is 4.90. The van der Waals surface area contributed by atoms with Crippen LogP contribution in [0.4, 0.5) is 5.69 Å². The maximum Gasteiger partial charge on any atom is 0.307 e. The Morgan fingerprint density at radius 3 is 2.87 bits per heavy atom. The van der Waals surface area contributed by atoms with E-state index in [2.05, 4.69) is 6.92 Å². The van der Waals surface area contributed by atoms with Crippen molar-refractivity contribution >= 4 is 17.7 Å². The number of carbonyl (C=O) groups is 1. The van der Waals surface area contributed by atoms with Gasteiger partial charge in [-0.25, -0.2) is 0 Å². The SMILES string of the molecule is CCc1ccc(N)c(C=CCC(=O)O)c1. The van der Waals surface area contributed by atoms with E-state index in [-0.39, 0.29) is 6.42 Å². The number of rotatable bonds is 4. The molecule has 1 aromatic carbocycles. The van der Waals surface area contributed by atoms with Crippen LogP contribution in [-0.4, -0.2) is 11.1 Å². The molecule has 3 heteroatoms. The number of carboxylic acids is 1. The third-order valence-electron chi connectivity index (χ3n) is 2.15. The van der Waals surface area contributed by atoms with Gasteiger partial charge in [-0.1, -0.05) is 25.1 Å². The van der Waals surface area contributed by atoms with Crippen LogP contribution in [0.1, 0.15) is 24.5 Å². The van der Waals surface area contributed by atoms with E-state index in [1.165, 1.54) is 5.56 Å². The van der Waals surface area contributed by atoms with Gasteiger partial charge in [-0.2, -0.15) is 0 Å². The molecule has 80 valence electrons. The molecule has 0 saturated carbocycles. The lowest BCUT2D eigenvalue weighted by Gasteiger charge is -2.03. The van der Waals surface area contributed by atoms with Crippen molar-refractivity contribution in [1.82, 2.24) is 0 Å². The molecule has 0 aliphatic carbocycles. The van der Waals surface area contributed by atoms with Crippen LogP contribution in [0.25, 0.3) is 6.08 Å². The smallest absolute Gasteiger partial charge is 0.307 e. The predicted molar refractivity (Wildman–Crippen MR) is 61.5 cm³/mol. The van der Waals surface area contributed by atoms with Gasteiger partial charge in [0.25, 0.3) is 0 Å². The monoisotopic (exact) mass is 205 g/mol. The minimum absolute atomic E-state index is 0.0236. The third-order valence-corrected chi connectivity index (χ3v) is 2.15. The molecule has 0 aliphatic heterocycles. The zero-order chi connectivity index (χ0) is 11.3. The van der Waals surface area contributed by atoms with Gasteiger partial charge in [0, 0.05) is 5.69 Å². The number of anilines is 1. The van der Waals surface area contributed by atoms with E-state index in [0.29, 0.717) is 5.69 Å². The van der Waals surface area contributed by atoms with E-state index < -0.39 is 5.97 Å². The summed E-state index contributed by atoms with van der Waals surface area (Å²) in [5.74, 6) is -0.837. The van der Waals surface area contributed by atoms with Crippen molar-refractivity contribution in [3.63, 3.8) is 0 Å². The first kappa shape index (κ1) is 11.3. The summed E-state index contributed by atoms with van der Waals surface area (Å²) in [5, 5.41) is 8.48. The lowest BCUT2D eigenvalue weighted by atomic mass is 10.1. The zero-order valence-corrected chi connectivity index (χ0v) is 8.73. The molecule has 0 unspecified atom stereocenters. The predicted octanol–water partition coefficient (Wildman–Crippen LogP) is 2.32. The summed E-state index contributed by atoms with van der Waals surface area (Å²) in [6, 6.07) is 5.80. The Balaban J connectivity index is 2.83. The van der Waals surface area contributed by atoms with E-state index >= 15 is 0 Å². The lowest BCUT2D eigenvalue weighted by molar-refractivity contribution is -0.135. The first-order chi connectivity index (χ1) is 7.13. The second kappa shape index (κ2) is 5.20. The van der Waals surface area contributed by atoms with Crippen LogP contribution >= 0.6 is 0 Å². The Labute approximate surface area is 89.2 Å². The molecule has 0 amide bonds. The van der Waals surface area contributed by atoms with E-state index in [4.69, 9.17) is 10.8 Å². The van der Waals surface area contributed by atoms with Crippen LogP contribution in [0, 0.1) is 0 Å². The highest BCUT2D eigenvalue weighted by molar-refractivity contribution is 5.72. The minimum Gasteiger partial charge on any atom is -0.481 e. The normalized spacial score (nSPS) is 10.7. The molecule has 0 radical (unpaired) electrons. The van der Waals surface area contributed by atoms with Crippen molar-refractivity contribution in [2.75, 3.05) is 5.73 Å². The first-order valence-electron chi connectivity index (χ1n) is 4.90. The van der Waals surface area contributed by atoms with Crippen LogP contribution in [0.5, 0.6) is 0 Å². The summed E-state index contributed by atoms with van der Waals surface area (Å²) in [6.45, 7) is 2.07. The molecular weight excluding hydrogens is 190 g/mol. The summed E-state index contributed by atoms with van der Waals surface area (Å²) in [4.78, 5) is 10.3. The third kappa shape index (κ3) is 3.46. The average Bonchev–Trinajstić information content (AvgIpc) is 2.20. The maximum atomic E-state index is 10.3. The summed E-state index contributed by atoms with van der Waals surface area (Å²) >= 11 is 0. The number of nitrogens with two attached hydrogens (primary N) is 1. The molecular formula is C12H15NO2. The molecule has 15 heavy (non-hydrogen) atoms. The van der Waals surface area contributed by atoms with Gasteiger partial charge in [-0.3, -0.25) is 4.79 Å². The summed E-state index contributed by atoms with van der Waals surface area (Å²) in [5.41, 5.74) is 8.52. The maximum absolute atomic E-state index is 10.3. The standard InChI is InChI=1S/C12H15NO2/c1-2-9-6-7-11(13)10(8-9)4-3-5-12(14)15/h3-4,6-8H,2,5,13H2,1H3,(H,14,15). The number of aliphatic carboxylic acids is 1. The molecule has 0 atom stereocenters. The Hall–Kier alpha value is -1.77. The van der Waals surface area contributed by atoms with Crippen molar-refractivity contribution < 1.29 is 9.90 Å². The molecule has 0 aromatic heterocycles. The van der Waals surface area contributed by atoms with Gasteiger partial charge in [0.05, 0.1) is 6.42 Å². The Morgan fingerprint density at radius 2 is 2.27 bits per heavy atom. The highest BCUT2D eigenvalue weighted by Crippen LogP contribution is 2.16. The summed E-state index contributed by atoms with van der Waals surface area (Å²) < 4.78 is 0. The molecule has 3 N–H and O–H groups in total.